The second-order valence-electron chi connectivity index (χ2n) is 6.73. The van der Waals surface area contributed by atoms with Gasteiger partial charge < -0.3 is 18.9 Å². The smallest absolute Gasteiger partial charge is 0.267 e. The summed E-state index contributed by atoms with van der Waals surface area (Å²) < 4.78 is 13.8. The number of likely N-dealkylation sites (tertiary alicyclic amines) is 1. The number of hydrogen-bond donors (Lipinski definition) is 0. The number of carbonyl (C=O) groups excluding carboxylic acids is 1. The first kappa shape index (κ1) is 15.9. The topological polar surface area (TPSA) is 69.5 Å². The number of nitrogens with zero attached hydrogens (tertiary/aromatic N) is 4. The van der Waals surface area contributed by atoms with Crippen molar-refractivity contribution in [2.45, 2.75) is 37.9 Å². The highest BCUT2D eigenvalue weighted by molar-refractivity contribution is 5.82. The molecule has 25 heavy (non-hydrogen) atoms. The van der Waals surface area contributed by atoms with Crippen molar-refractivity contribution in [1.82, 2.24) is 19.7 Å². The maximum Gasteiger partial charge on any atom is 0.267 e. The molecule has 3 heterocycles. The molecule has 1 fully saturated rings. The van der Waals surface area contributed by atoms with Gasteiger partial charge >= 0.3 is 0 Å². The molecule has 0 bridgehead atoms. The molecule has 132 valence electrons. The van der Waals surface area contributed by atoms with Gasteiger partial charge in [-0.15, -0.1) is 10.2 Å². The Morgan fingerprint density at radius 2 is 2.00 bits per heavy atom. The molecule has 0 saturated carbocycles. The predicted octanol–water partition coefficient (Wildman–Crippen LogP) is 1.75. The van der Waals surface area contributed by atoms with Gasteiger partial charge in [0.1, 0.15) is 18.3 Å². The van der Waals surface area contributed by atoms with Gasteiger partial charge in [-0.3, -0.25) is 4.79 Å². The standard InChI is InChI=1S/C18H22N4O3/c1-12-16(25-15-8-4-3-7-14(15)24-12)18(23)22-9-5-6-13(10-22)17-20-19-11-21(17)2/h3-4,7-8,11-13,16H,5-6,9-10H2,1-2H3/t12-,13-,16+/m0/s1. The molecule has 0 N–H and O–H groups in total. The summed E-state index contributed by atoms with van der Waals surface area (Å²) in [5.74, 6) is 2.43. The lowest BCUT2D eigenvalue weighted by Crippen LogP contribution is -2.52. The molecule has 4 rings (SSSR count). The Morgan fingerprint density at radius 3 is 2.72 bits per heavy atom. The predicted molar refractivity (Wildman–Crippen MR) is 90.5 cm³/mol. The fraction of sp³-hybridized carbons (Fsp3) is 0.500. The molecule has 0 aliphatic carbocycles. The Morgan fingerprint density at radius 1 is 1.24 bits per heavy atom. The van der Waals surface area contributed by atoms with Crippen molar-refractivity contribution >= 4 is 5.91 Å². The van der Waals surface area contributed by atoms with Crippen LogP contribution >= 0.6 is 0 Å². The summed E-state index contributed by atoms with van der Waals surface area (Å²) in [5.41, 5.74) is 0. The van der Waals surface area contributed by atoms with Crippen LogP contribution in [0.15, 0.2) is 30.6 Å². The molecule has 3 atom stereocenters. The Kier molecular flexibility index (Phi) is 4.07. The lowest BCUT2D eigenvalue weighted by atomic mass is 9.96. The maximum atomic E-state index is 13.1. The summed E-state index contributed by atoms with van der Waals surface area (Å²) in [6.45, 7) is 3.25. The van der Waals surface area contributed by atoms with Crippen LogP contribution < -0.4 is 9.47 Å². The Hall–Kier alpha value is -2.57. The highest BCUT2D eigenvalue weighted by Crippen LogP contribution is 2.34. The van der Waals surface area contributed by atoms with Crippen LogP contribution in [0.4, 0.5) is 0 Å². The van der Waals surface area contributed by atoms with E-state index in [2.05, 4.69) is 10.2 Å². The summed E-state index contributed by atoms with van der Waals surface area (Å²) >= 11 is 0. The minimum atomic E-state index is -0.617. The van der Waals surface area contributed by atoms with E-state index >= 15 is 0 Å². The number of amides is 1. The number of para-hydroxylation sites is 2. The van der Waals surface area contributed by atoms with Crippen LogP contribution in [-0.4, -0.2) is 50.9 Å². The Bertz CT molecular complexity index is 775. The highest BCUT2D eigenvalue weighted by Gasteiger charge is 2.38. The molecular weight excluding hydrogens is 320 g/mol. The van der Waals surface area contributed by atoms with E-state index in [0.717, 1.165) is 25.2 Å². The maximum absolute atomic E-state index is 13.1. The quantitative estimate of drug-likeness (QED) is 0.832. The highest BCUT2D eigenvalue weighted by atomic mass is 16.6. The summed E-state index contributed by atoms with van der Waals surface area (Å²) in [4.78, 5) is 14.9. The third-order valence-corrected chi connectivity index (χ3v) is 4.93. The minimum absolute atomic E-state index is 0.0196. The summed E-state index contributed by atoms with van der Waals surface area (Å²) in [6, 6.07) is 7.47. The van der Waals surface area contributed by atoms with Crippen LogP contribution in [0.2, 0.25) is 0 Å². The van der Waals surface area contributed by atoms with Gasteiger partial charge in [0.25, 0.3) is 5.91 Å². The van der Waals surface area contributed by atoms with Crippen LogP contribution in [-0.2, 0) is 11.8 Å². The fourth-order valence-electron chi connectivity index (χ4n) is 3.62. The van der Waals surface area contributed by atoms with Crippen molar-refractivity contribution in [3.63, 3.8) is 0 Å². The zero-order valence-electron chi connectivity index (χ0n) is 14.5. The second kappa shape index (κ2) is 6.38. The van der Waals surface area contributed by atoms with Gasteiger partial charge in [-0.2, -0.15) is 0 Å². The van der Waals surface area contributed by atoms with Crippen LogP contribution in [0, 0.1) is 0 Å². The van der Waals surface area contributed by atoms with Crippen molar-refractivity contribution < 1.29 is 14.3 Å². The zero-order chi connectivity index (χ0) is 17.4. The van der Waals surface area contributed by atoms with Crippen LogP contribution in [0.1, 0.15) is 31.5 Å². The molecule has 2 aliphatic rings. The number of fused-ring (bicyclic) bond motifs is 1. The largest absolute Gasteiger partial charge is 0.482 e. The van der Waals surface area contributed by atoms with E-state index in [1.807, 2.05) is 47.7 Å². The van der Waals surface area contributed by atoms with Gasteiger partial charge in [0.05, 0.1) is 0 Å². The minimum Gasteiger partial charge on any atom is -0.482 e. The molecule has 2 aliphatic heterocycles. The van der Waals surface area contributed by atoms with Gasteiger partial charge in [0, 0.05) is 26.1 Å². The van der Waals surface area contributed by atoms with Crippen molar-refractivity contribution in [2.24, 2.45) is 7.05 Å². The van der Waals surface area contributed by atoms with E-state index in [1.165, 1.54) is 0 Å². The SMILES string of the molecule is C[C@@H]1Oc2ccccc2O[C@H]1C(=O)N1CCC[C@H](c2nncn2C)C1. The molecule has 7 nitrogen and oxygen atoms in total. The van der Waals surface area contributed by atoms with Gasteiger partial charge in [-0.05, 0) is 31.9 Å². The number of rotatable bonds is 2. The van der Waals surface area contributed by atoms with Gasteiger partial charge in [-0.1, -0.05) is 12.1 Å². The van der Waals surface area contributed by atoms with Gasteiger partial charge in [0.15, 0.2) is 11.5 Å². The third-order valence-electron chi connectivity index (χ3n) is 4.93. The zero-order valence-corrected chi connectivity index (χ0v) is 14.5. The Balaban J connectivity index is 1.50. The summed E-state index contributed by atoms with van der Waals surface area (Å²) in [7, 11) is 1.94. The average Bonchev–Trinajstić information content (AvgIpc) is 3.06. The molecule has 7 heteroatoms. The first-order valence-corrected chi connectivity index (χ1v) is 8.68. The van der Waals surface area contributed by atoms with E-state index in [-0.39, 0.29) is 17.9 Å². The van der Waals surface area contributed by atoms with Crippen LogP contribution in [0.5, 0.6) is 11.5 Å². The number of carbonyl (C=O) groups is 1. The van der Waals surface area contributed by atoms with Crippen LogP contribution in [0.3, 0.4) is 0 Å². The summed E-state index contributed by atoms with van der Waals surface area (Å²) in [6.07, 6.45) is 2.72. The first-order chi connectivity index (χ1) is 12.1. The third kappa shape index (κ3) is 2.94. The van der Waals surface area contributed by atoms with E-state index < -0.39 is 6.10 Å². The molecule has 1 amide bonds. The van der Waals surface area contributed by atoms with Crippen molar-refractivity contribution in [1.29, 1.82) is 0 Å². The molecule has 1 aromatic carbocycles. The van der Waals surface area contributed by atoms with Crippen molar-refractivity contribution in [2.75, 3.05) is 13.1 Å². The molecule has 2 aromatic rings. The lowest BCUT2D eigenvalue weighted by Gasteiger charge is -2.37. The first-order valence-electron chi connectivity index (χ1n) is 8.68. The second-order valence-corrected chi connectivity index (χ2v) is 6.73. The van der Waals surface area contributed by atoms with Crippen LogP contribution in [0.25, 0.3) is 0 Å². The molecule has 0 spiro atoms. The summed E-state index contributed by atoms with van der Waals surface area (Å²) in [5, 5.41) is 8.17. The molecule has 1 aromatic heterocycles. The van der Waals surface area contributed by atoms with E-state index in [4.69, 9.17) is 9.47 Å². The van der Waals surface area contributed by atoms with Crippen molar-refractivity contribution in [3.05, 3.63) is 36.4 Å². The molecule has 0 unspecified atom stereocenters. The number of benzene rings is 1. The monoisotopic (exact) mass is 342 g/mol. The fourth-order valence-corrected chi connectivity index (χ4v) is 3.62. The average molecular weight is 342 g/mol. The lowest BCUT2D eigenvalue weighted by molar-refractivity contribution is -0.145. The number of hydrogen-bond acceptors (Lipinski definition) is 5. The molecule has 1 saturated heterocycles. The number of aromatic nitrogens is 3. The van der Waals surface area contributed by atoms with E-state index in [1.54, 1.807) is 6.33 Å². The molecule has 0 radical (unpaired) electrons. The van der Waals surface area contributed by atoms with E-state index in [9.17, 15) is 4.79 Å². The van der Waals surface area contributed by atoms with Gasteiger partial charge in [-0.25, -0.2) is 0 Å². The van der Waals surface area contributed by atoms with E-state index in [0.29, 0.717) is 18.0 Å². The van der Waals surface area contributed by atoms with Crippen molar-refractivity contribution in [3.8, 4) is 11.5 Å². The number of piperidine rings is 1. The number of aryl methyl sites for hydroxylation is 1. The molecular formula is C18H22N4O3. The normalized spacial score (nSPS) is 25.7. The number of ether oxygens (including phenoxy) is 2. The Labute approximate surface area is 146 Å². The van der Waals surface area contributed by atoms with Gasteiger partial charge in [0.2, 0.25) is 6.10 Å².